The number of carbonyl (C=O) groups is 1. The molecule has 0 heterocycles. The van der Waals surface area contributed by atoms with Crippen molar-refractivity contribution in [1.82, 2.24) is 0 Å². The molecule has 112 valence electrons. The van der Waals surface area contributed by atoms with Crippen molar-refractivity contribution < 1.29 is 4.79 Å². The summed E-state index contributed by atoms with van der Waals surface area (Å²) < 4.78 is 0. The van der Waals surface area contributed by atoms with Crippen molar-refractivity contribution in [2.75, 3.05) is 0 Å². The van der Waals surface area contributed by atoms with Gasteiger partial charge in [0.1, 0.15) is 0 Å². The Labute approximate surface area is 119 Å². The van der Waals surface area contributed by atoms with Gasteiger partial charge in [-0.1, -0.05) is 64.9 Å². The Hall–Kier alpha value is -0.790. The lowest BCUT2D eigenvalue weighted by Crippen LogP contribution is -2.15. The first-order chi connectivity index (χ1) is 9.17. The molecule has 0 aromatic heterocycles. The van der Waals surface area contributed by atoms with E-state index in [1.165, 1.54) is 56.9 Å². The predicted octanol–water partition coefficient (Wildman–Crippen LogP) is 5.12. The Kier molecular flexibility index (Phi) is 11.7. The summed E-state index contributed by atoms with van der Waals surface area (Å²) in [6.07, 6.45) is 13.0. The molecule has 0 fully saturated rings. The van der Waals surface area contributed by atoms with Crippen LogP contribution in [0.15, 0.2) is 11.1 Å². The standard InChI is InChI=1S/C17H33NO/c1-4-7-9-11-13-15(14-12-10-8-5-2)16(6-3)17(18)19/h4-14H2,1-3H3,(H2,18,19). The number of unbranched alkanes of at least 4 members (excludes halogenated alkanes) is 6. The van der Waals surface area contributed by atoms with Gasteiger partial charge in [-0.2, -0.15) is 0 Å². The molecule has 0 aliphatic carbocycles. The van der Waals surface area contributed by atoms with Gasteiger partial charge in [-0.15, -0.1) is 0 Å². The Bertz CT molecular complexity index is 254. The number of hydrogen-bond donors (Lipinski definition) is 1. The monoisotopic (exact) mass is 267 g/mol. The van der Waals surface area contributed by atoms with E-state index in [-0.39, 0.29) is 5.91 Å². The number of primary amides is 1. The minimum Gasteiger partial charge on any atom is -0.366 e. The predicted molar refractivity (Wildman–Crippen MR) is 84.0 cm³/mol. The van der Waals surface area contributed by atoms with E-state index in [1.54, 1.807) is 0 Å². The van der Waals surface area contributed by atoms with E-state index < -0.39 is 0 Å². The van der Waals surface area contributed by atoms with Crippen LogP contribution in [0.5, 0.6) is 0 Å². The average Bonchev–Trinajstić information content (AvgIpc) is 2.39. The quantitative estimate of drug-likeness (QED) is 0.387. The minimum absolute atomic E-state index is 0.205. The minimum atomic E-state index is -0.205. The van der Waals surface area contributed by atoms with E-state index in [0.717, 1.165) is 24.8 Å². The maximum atomic E-state index is 11.5. The molecule has 0 aromatic carbocycles. The summed E-state index contributed by atoms with van der Waals surface area (Å²) in [6, 6.07) is 0. The summed E-state index contributed by atoms with van der Waals surface area (Å²) >= 11 is 0. The maximum absolute atomic E-state index is 11.5. The second kappa shape index (κ2) is 12.3. The Morgan fingerprint density at radius 1 is 0.789 bits per heavy atom. The van der Waals surface area contributed by atoms with Crippen molar-refractivity contribution in [2.45, 2.75) is 91.4 Å². The smallest absolute Gasteiger partial charge is 0.244 e. The van der Waals surface area contributed by atoms with Gasteiger partial charge in [0.2, 0.25) is 5.91 Å². The van der Waals surface area contributed by atoms with E-state index in [4.69, 9.17) is 5.73 Å². The fraction of sp³-hybridized carbons (Fsp3) is 0.824. The first-order valence-corrected chi connectivity index (χ1v) is 8.17. The van der Waals surface area contributed by atoms with Crippen LogP contribution in [-0.2, 0) is 4.79 Å². The van der Waals surface area contributed by atoms with Gasteiger partial charge < -0.3 is 5.73 Å². The van der Waals surface area contributed by atoms with Crippen LogP contribution in [0.4, 0.5) is 0 Å². The van der Waals surface area contributed by atoms with Gasteiger partial charge in [0.15, 0.2) is 0 Å². The van der Waals surface area contributed by atoms with Crippen LogP contribution in [0, 0.1) is 0 Å². The molecule has 0 bridgehead atoms. The normalized spacial score (nSPS) is 10.5. The lowest BCUT2D eigenvalue weighted by atomic mass is 9.94. The zero-order chi connectivity index (χ0) is 14.5. The summed E-state index contributed by atoms with van der Waals surface area (Å²) in [5.74, 6) is -0.205. The molecule has 2 N–H and O–H groups in total. The molecule has 19 heavy (non-hydrogen) atoms. The maximum Gasteiger partial charge on any atom is 0.244 e. The highest BCUT2D eigenvalue weighted by Gasteiger charge is 2.10. The number of amides is 1. The fourth-order valence-corrected chi connectivity index (χ4v) is 2.56. The Balaban J connectivity index is 4.40. The van der Waals surface area contributed by atoms with Crippen molar-refractivity contribution in [3.63, 3.8) is 0 Å². The highest BCUT2D eigenvalue weighted by atomic mass is 16.1. The van der Waals surface area contributed by atoms with Crippen molar-refractivity contribution in [3.05, 3.63) is 11.1 Å². The molecule has 0 rings (SSSR count). The lowest BCUT2D eigenvalue weighted by Gasteiger charge is -2.12. The fourth-order valence-electron chi connectivity index (χ4n) is 2.56. The van der Waals surface area contributed by atoms with Crippen LogP contribution in [0.2, 0.25) is 0 Å². The Morgan fingerprint density at radius 3 is 1.58 bits per heavy atom. The SMILES string of the molecule is CCCCCCC(CCCCCC)=C(CC)C(N)=O. The molecule has 2 heteroatoms. The van der Waals surface area contributed by atoms with E-state index in [2.05, 4.69) is 13.8 Å². The summed E-state index contributed by atoms with van der Waals surface area (Å²) in [6.45, 7) is 6.49. The van der Waals surface area contributed by atoms with E-state index in [9.17, 15) is 4.79 Å². The van der Waals surface area contributed by atoms with E-state index in [1.807, 2.05) is 6.92 Å². The number of nitrogens with two attached hydrogens (primary N) is 1. The van der Waals surface area contributed by atoms with Crippen LogP contribution >= 0.6 is 0 Å². The van der Waals surface area contributed by atoms with Gasteiger partial charge in [-0.05, 0) is 32.1 Å². The van der Waals surface area contributed by atoms with E-state index in [0.29, 0.717) is 0 Å². The number of allylic oxidation sites excluding steroid dienone is 1. The van der Waals surface area contributed by atoms with Crippen LogP contribution in [0.1, 0.15) is 91.4 Å². The summed E-state index contributed by atoms with van der Waals surface area (Å²) in [5.41, 5.74) is 7.74. The lowest BCUT2D eigenvalue weighted by molar-refractivity contribution is -0.114. The molecule has 0 spiro atoms. The van der Waals surface area contributed by atoms with Crippen molar-refractivity contribution in [3.8, 4) is 0 Å². The third-order valence-corrected chi connectivity index (χ3v) is 3.74. The van der Waals surface area contributed by atoms with Crippen molar-refractivity contribution in [1.29, 1.82) is 0 Å². The van der Waals surface area contributed by atoms with Crippen LogP contribution in [0.25, 0.3) is 0 Å². The van der Waals surface area contributed by atoms with E-state index >= 15 is 0 Å². The molecule has 0 radical (unpaired) electrons. The van der Waals surface area contributed by atoms with Gasteiger partial charge in [-0.25, -0.2) is 0 Å². The molecule has 0 aliphatic rings. The van der Waals surface area contributed by atoms with Crippen molar-refractivity contribution in [2.24, 2.45) is 5.73 Å². The number of carbonyl (C=O) groups excluding carboxylic acids is 1. The highest BCUT2D eigenvalue weighted by molar-refractivity contribution is 5.92. The molecule has 0 atom stereocenters. The van der Waals surface area contributed by atoms with Gasteiger partial charge >= 0.3 is 0 Å². The second-order valence-corrected chi connectivity index (χ2v) is 5.42. The van der Waals surface area contributed by atoms with Gasteiger partial charge in [0.25, 0.3) is 0 Å². The highest BCUT2D eigenvalue weighted by Crippen LogP contribution is 2.22. The third-order valence-electron chi connectivity index (χ3n) is 3.74. The molecule has 0 aromatic rings. The molecule has 0 saturated carbocycles. The van der Waals surface area contributed by atoms with Crippen molar-refractivity contribution >= 4 is 5.91 Å². The van der Waals surface area contributed by atoms with Crippen LogP contribution < -0.4 is 5.73 Å². The van der Waals surface area contributed by atoms with Crippen LogP contribution in [0.3, 0.4) is 0 Å². The molecule has 0 aliphatic heterocycles. The second-order valence-electron chi connectivity index (χ2n) is 5.42. The molecule has 1 amide bonds. The topological polar surface area (TPSA) is 43.1 Å². The molecule has 0 saturated heterocycles. The Morgan fingerprint density at radius 2 is 1.26 bits per heavy atom. The molecular weight excluding hydrogens is 234 g/mol. The zero-order valence-electron chi connectivity index (χ0n) is 13.3. The molecular formula is C17H33NO. The first-order valence-electron chi connectivity index (χ1n) is 8.17. The van der Waals surface area contributed by atoms with Gasteiger partial charge in [-0.3, -0.25) is 4.79 Å². The van der Waals surface area contributed by atoms with Crippen LogP contribution in [-0.4, -0.2) is 5.91 Å². The number of hydrogen-bond acceptors (Lipinski definition) is 1. The summed E-state index contributed by atoms with van der Waals surface area (Å²) in [5, 5.41) is 0. The molecule has 0 unspecified atom stereocenters. The largest absolute Gasteiger partial charge is 0.366 e. The molecule has 2 nitrogen and oxygen atoms in total. The summed E-state index contributed by atoms with van der Waals surface area (Å²) in [4.78, 5) is 11.5. The van der Waals surface area contributed by atoms with Gasteiger partial charge in [0, 0.05) is 5.57 Å². The third kappa shape index (κ3) is 8.85. The van der Waals surface area contributed by atoms with Gasteiger partial charge in [0.05, 0.1) is 0 Å². The first kappa shape index (κ1) is 18.2. The average molecular weight is 267 g/mol. The number of rotatable bonds is 12. The zero-order valence-corrected chi connectivity index (χ0v) is 13.3. The summed E-state index contributed by atoms with van der Waals surface area (Å²) in [7, 11) is 0.